The molecule has 0 bridgehead atoms. The number of halogens is 1. The number of anilines is 1. The van der Waals surface area contributed by atoms with Gasteiger partial charge in [0.25, 0.3) is 0 Å². The third-order valence-corrected chi connectivity index (χ3v) is 4.74. The van der Waals surface area contributed by atoms with Crippen LogP contribution in [-0.2, 0) is 9.47 Å². The Morgan fingerprint density at radius 3 is 2.70 bits per heavy atom. The summed E-state index contributed by atoms with van der Waals surface area (Å²) in [5.74, 6) is 3.14. The summed E-state index contributed by atoms with van der Waals surface area (Å²) < 4.78 is 22.6. The number of guanidine groups is 1. The number of rotatable bonds is 12. The Morgan fingerprint density at radius 1 is 1.10 bits per heavy atom. The van der Waals surface area contributed by atoms with Crippen LogP contribution in [0.3, 0.4) is 0 Å². The van der Waals surface area contributed by atoms with E-state index < -0.39 is 0 Å². The quantitative estimate of drug-likeness (QED) is 0.183. The molecule has 8 heteroatoms. The summed E-state index contributed by atoms with van der Waals surface area (Å²) in [5, 5.41) is 6.77. The second-order valence-electron chi connectivity index (χ2n) is 7.42. The maximum atomic E-state index is 5.79. The van der Waals surface area contributed by atoms with Gasteiger partial charge in [-0.1, -0.05) is 0 Å². The number of nitrogens with one attached hydrogen (secondary N) is 2. The van der Waals surface area contributed by atoms with Crippen LogP contribution in [0.1, 0.15) is 39.0 Å². The van der Waals surface area contributed by atoms with Gasteiger partial charge in [0.2, 0.25) is 0 Å². The number of hydrogen-bond donors (Lipinski definition) is 2. The van der Waals surface area contributed by atoms with Gasteiger partial charge < -0.3 is 29.6 Å². The first kappa shape index (κ1) is 25.0. The Hall–Kier alpha value is -1.26. The van der Waals surface area contributed by atoms with E-state index in [4.69, 9.17) is 23.9 Å². The molecule has 0 radical (unpaired) electrons. The Labute approximate surface area is 197 Å². The van der Waals surface area contributed by atoms with E-state index >= 15 is 0 Å². The molecule has 0 saturated heterocycles. The molecule has 0 unspecified atom stereocenters. The van der Waals surface area contributed by atoms with Gasteiger partial charge in [-0.15, -0.1) is 24.0 Å². The molecule has 0 aromatic heterocycles. The first-order valence-corrected chi connectivity index (χ1v) is 11.0. The van der Waals surface area contributed by atoms with E-state index in [9.17, 15) is 0 Å². The zero-order chi connectivity index (χ0) is 20.2. The molecule has 1 aromatic rings. The summed E-state index contributed by atoms with van der Waals surface area (Å²) in [6.07, 6.45) is 5.40. The molecule has 0 spiro atoms. The van der Waals surface area contributed by atoms with E-state index in [0.717, 1.165) is 87.8 Å². The second-order valence-corrected chi connectivity index (χ2v) is 7.42. The number of hydrogen-bond acceptors (Lipinski definition) is 5. The number of ether oxygens (including phenoxy) is 4. The van der Waals surface area contributed by atoms with Crippen LogP contribution >= 0.6 is 24.0 Å². The van der Waals surface area contributed by atoms with Crippen molar-refractivity contribution in [3.05, 3.63) is 18.2 Å². The van der Waals surface area contributed by atoms with E-state index in [0.29, 0.717) is 13.2 Å². The molecule has 2 aliphatic rings. The molecule has 170 valence electrons. The fraction of sp³-hybridized carbons (Fsp3) is 0.682. The van der Waals surface area contributed by atoms with E-state index in [1.807, 2.05) is 25.1 Å². The highest BCUT2D eigenvalue weighted by Gasteiger charge is 2.20. The van der Waals surface area contributed by atoms with Gasteiger partial charge in [0.15, 0.2) is 17.5 Å². The third-order valence-electron chi connectivity index (χ3n) is 4.74. The van der Waals surface area contributed by atoms with Crippen LogP contribution in [0.2, 0.25) is 0 Å². The predicted octanol–water partition coefficient (Wildman–Crippen LogP) is 4.07. The van der Waals surface area contributed by atoms with Crippen molar-refractivity contribution in [2.24, 2.45) is 10.9 Å². The van der Waals surface area contributed by atoms with Gasteiger partial charge in [0, 0.05) is 57.7 Å². The topological polar surface area (TPSA) is 73.3 Å². The largest absolute Gasteiger partial charge is 0.490 e. The van der Waals surface area contributed by atoms with Gasteiger partial charge in [0.05, 0.1) is 13.2 Å². The lowest BCUT2D eigenvalue weighted by Gasteiger charge is -2.14. The van der Waals surface area contributed by atoms with Crippen molar-refractivity contribution in [2.45, 2.75) is 39.0 Å². The molecule has 30 heavy (non-hydrogen) atoms. The van der Waals surface area contributed by atoms with Gasteiger partial charge in [-0.25, -0.2) is 0 Å². The number of nitrogens with zero attached hydrogens (tertiary/aromatic N) is 1. The van der Waals surface area contributed by atoms with Gasteiger partial charge >= 0.3 is 0 Å². The molecule has 1 aliphatic carbocycles. The van der Waals surface area contributed by atoms with E-state index in [-0.39, 0.29) is 24.0 Å². The second kappa shape index (κ2) is 14.7. The molecule has 1 aliphatic heterocycles. The Bertz CT molecular complexity index is 641. The molecule has 0 amide bonds. The molecule has 1 saturated carbocycles. The molecule has 1 aromatic carbocycles. The van der Waals surface area contributed by atoms with Gasteiger partial charge in [0.1, 0.15) is 0 Å². The lowest BCUT2D eigenvalue weighted by atomic mass is 10.2. The Balaban J connectivity index is 0.00000320. The van der Waals surface area contributed by atoms with Crippen molar-refractivity contribution in [2.75, 3.05) is 58.0 Å². The highest BCUT2D eigenvalue weighted by molar-refractivity contribution is 14.0. The zero-order valence-corrected chi connectivity index (χ0v) is 20.3. The summed E-state index contributed by atoms with van der Waals surface area (Å²) in [4.78, 5) is 4.70. The maximum Gasteiger partial charge on any atom is 0.195 e. The summed E-state index contributed by atoms with van der Waals surface area (Å²) >= 11 is 0. The van der Waals surface area contributed by atoms with E-state index in [1.54, 1.807) is 0 Å². The third kappa shape index (κ3) is 9.70. The first-order valence-electron chi connectivity index (χ1n) is 11.0. The van der Waals surface area contributed by atoms with Crippen molar-refractivity contribution in [3.63, 3.8) is 0 Å². The molecule has 3 rings (SSSR count). The predicted molar refractivity (Wildman–Crippen MR) is 131 cm³/mol. The average Bonchev–Trinajstić information content (AvgIpc) is 3.57. The van der Waals surface area contributed by atoms with Crippen LogP contribution < -0.4 is 20.1 Å². The zero-order valence-electron chi connectivity index (χ0n) is 18.0. The van der Waals surface area contributed by atoms with Gasteiger partial charge in [-0.05, 0) is 50.7 Å². The first-order chi connectivity index (χ1) is 14.3. The summed E-state index contributed by atoms with van der Waals surface area (Å²) in [6, 6.07) is 5.90. The highest BCUT2D eigenvalue weighted by atomic mass is 127. The molecular weight excluding hydrogens is 497 g/mol. The summed E-state index contributed by atoms with van der Waals surface area (Å²) in [6.45, 7) is 8.06. The number of aliphatic imine (C=N–C) groups is 1. The summed E-state index contributed by atoms with van der Waals surface area (Å²) in [5.41, 5.74) is 0.926. The van der Waals surface area contributed by atoms with Crippen LogP contribution in [0.5, 0.6) is 11.5 Å². The average molecular weight is 533 g/mol. The van der Waals surface area contributed by atoms with Crippen LogP contribution in [0.15, 0.2) is 23.2 Å². The normalized spacial score (nSPS) is 15.8. The van der Waals surface area contributed by atoms with E-state index in [2.05, 4.69) is 10.6 Å². The van der Waals surface area contributed by atoms with Crippen molar-refractivity contribution < 1.29 is 18.9 Å². The molecule has 7 nitrogen and oxygen atoms in total. The molecule has 1 heterocycles. The number of fused-ring (bicyclic) bond motifs is 1. The van der Waals surface area contributed by atoms with Crippen LogP contribution in [0, 0.1) is 5.92 Å². The smallest absolute Gasteiger partial charge is 0.195 e. The molecule has 1 fully saturated rings. The number of benzene rings is 1. The lowest BCUT2D eigenvalue weighted by molar-refractivity contribution is 0.123. The molecular formula is C22H36IN3O4. The lowest BCUT2D eigenvalue weighted by Crippen LogP contribution is -2.32. The highest BCUT2D eigenvalue weighted by Crippen LogP contribution is 2.32. The SMILES string of the molecule is CCOCCCNC(=NCCCOCC1CC1)Nc1ccc2c(c1)OCCCO2.I. The van der Waals surface area contributed by atoms with E-state index in [1.165, 1.54) is 12.8 Å². The monoisotopic (exact) mass is 533 g/mol. The fourth-order valence-electron chi connectivity index (χ4n) is 2.93. The minimum Gasteiger partial charge on any atom is -0.490 e. The van der Waals surface area contributed by atoms with Crippen molar-refractivity contribution in [1.82, 2.24) is 5.32 Å². The van der Waals surface area contributed by atoms with Crippen LogP contribution in [-0.4, -0.2) is 58.7 Å². The van der Waals surface area contributed by atoms with Crippen molar-refractivity contribution in [1.29, 1.82) is 0 Å². The van der Waals surface area contributed by atoms with Gasteiger partial charge in [-0.3, -0.25) is 4.99 Å². The Morgan fingerprint density at radius 2 is 1.90 bits per heavy atom. The summed E-state index contributed by atoms with van der Waals surface area (Å²) in [7, 11) is 0. The Kier molecular flexibility index (Phi) is 12.2. The maximum absolute atomic E-state index is 5.79. The molecule has 0 atom stereocenters. The minimum atomic E-state index is 0. The fourth-order valence-corrected chi connectivity index (χ4v) is 2.93. The van der Waals surface area contributed by atoms with Crippen molar-refractivity contribution >= 4 is 35.6 Å². The van der Waals surface area contributed by atoms with Crippen molar-refractivity contribution in [3.8, 4) is 11.5 Å². The van der Waals surface area contributed by atoms with Crippen LogP contribution in [0.4, 0.5) is 5.69 Å². The minimum absolute atomic E-state index is 0. The van der Waals surface area contributed by atoms with Crippen LogP contribution in [0.25, 0.3) is 0 Å². The molecule has 2 N–H and O–H groups in total. The van der Waals surface area contributed by atoms with Gasteiger partial charge in [-0.2, -0.15) is 0 Å². The standard InChI is InChI=1S/C22H35N3O4.HI/c1-2-26-12-3-10-23-22(24-11-4-13-27-17-18-6-7-18)25-19-8-9-20-21(16-19)29-15-5-14-28-20;/h8-9,16,18H,2-7,10-15,17H2,1H3,(H2,23,24,25);1H.